The molecule has 2 atom stereocenters. The number of esters is 1. The molecule has 0 aliphatic carbocycles. The third-order valence-electron chi connectivity index (χ3n) is 4.29. The minimum atomic E-state index is -2.94. The van der Waals surface area contributed by atoms with E-state index >= 15 is 0 Å². The van der Waals surface area contributed by atoms with E-state index < -0.39 is 18.6 Å². The van der Waals surface area contributed by atoms with Crippen molar-refractivity contribution < 1.29 is 37.5 Å². The van der Waals surface area contributed by atoms with Crippen molar-refractivity contribution in [2.24, 2.45) is 0 Å². The second-order valence-corrected chi connectivity index (χ2v) is 6.61. The van der Waals surface area contributed by atoms with E-state index in [2.05, 4.69) is 15.4 Å². The van der Waals surface area contributed by atoms with Crippen LogP contribution in [-0.2, 0) is 16.1 Å². The van der Waals surface area contributed by atoms with Gasteiger partial charge in [0.15, 0.2) is 11.5 Å². The van der Waals surface area contributed by atoms with E-state index in [9.17, 15) is 18.4 Å². The maximum atomic E-state index is 12.5. The predicted octanol–water partition coefficient (Wildman–Crippen LogP) is 0.830. The zero-order valence-electron chi connectivity index (χ0n) is 16.8. The maximum Gasteiger partial charge on any atom is 0.387 e. The monoisotopic (exact) mass is 414 g/mol. The average Bonchev–Trinajstić information content (AvgIpc) is 2.62. The van der Waals surface area contributed by atoms with Gasteiger partial charge in [-0.25, -0.2) is 9.59 Å². The Labute approximate surface area is 167 Å². The van der Waals surface area contributed by atoms with Crippen molar-refractivity contribution in [1.82, 2.24) is 10.6 Å². The molecule has 8 nitrogen and oxygen atoms in total. The fourth-order valence-corrected chi connectivity index (χ4v) is 3.15. The molecule has 2 rings (SSSR count). The summed E-state index contributed by atoms with van der Waals surface area (Å²) < 4.78 is 39.6. The summed E-state index contributed by atoms with van der Waals surface area (Å²) in [6.07, 6.45) is 0. The van der Waals surface area contributed by atoms with E-state index in [1.165, 1.54) is 13.2 Å². The van der Waals surface area contributed by atoms with Crippen LogP contribution < -0.4 is 25.0 Å². The second-order valence-electron chi connectivity index (χ2n) is 6.61. The molecule has 0 radical (unpaired) electrons. The number of rotatable bonds is 9. The van der Waals surface area contributed by atoms with Crippen LogP contribution in [0.3, 0.4) is 0 Å². The average molecular weight is 414 g/mol. The topological polar surface area (TPSA) is 90.3 Å². The number of carbonyl (C=O) groups is 2. The SMILES string of the molecule is CCOC(=O)C1=C(C[NH+](C)Cc2ccc(OC(F)F)c(OC)c2)NC(=O)N[C@@H]1C. The molecule has 1 aliphatic heterocycles. The van der Waals surface area contributed by atoms with E-state index in [1.807, 2.05) is 7.05 Å². The summed E-state index contributed by atoms with van der Waals surface area (Å²) in [5.41, 5.74) is 1.68. The molecule has 1 heterocycles. The highest BCUT2D eigenvalue weighted by molar-refractivity contribution is 5.94. The Balaban J connectivity index is 2.17. The molecule has 0 aromatic heterocycles. The molecule has 29 heavy (non-hydrogen) atoms. The van der Waals surface area contributed by atoms with Crippen molar-refractivity contribution in [3.8, 4) is 11.5 Å². The summed E-state index contributed by atoms with van der Waals surface area (Å²) in [6.45, 7) is 1.55. The molecule has 3 N–H and O–H groups in total. The number of methoxy groups -OCH3 is 1. The van der Waals surface area contributed by atoms with Gasteiger partial charge in [-0.15, -0.1) is 0 Å². The van der Waals surface area contributed by atoms with Crippen molar-refractivity contribution in [2.45, 2.75) is 33.0 Å². The normalized spacial score (nSPS) is 17.5. The highest BCUT2D eigenvalue weighted by Crippen LogP contribution is 2.29. The van der Waals surface area contributed by atoms with Crippen LogP contribution in [0.1, 0.15) is 19.4 Å². The third-order valence-corrected chi connectivity index (χ3v) is 4.29. The first-order valence-corrected chi connectivity index (χ1v) is 9.15. The van der Waals surface area contributed by atoms with Crippen LogP contribution in [0.5, 0.6) is 11.5 Å². The number of urea groups is 1. The van der Waals surface area contributed by atoms with Gasteiger partial charge in [0.2, 0.25) is 0 Å². The fraction of sp³-hybridized carbons (Fsp3) is 0.474. The summed E-state index contributed by atoms with van der Waals surface area (Å²) in [6, 6.07) is 3.84. The van der Waals surface area contributed by atoms with E-state index in [4.69, 9.17) is 9.47 Å². The highest BCUT2D eigenvalue weighted by Gasteiger charge is 2.31. The first-order valence-electron chi connectivity index (χ1n) is 9.15. The van der Waals surface area contributed by atoms with Crippen LogP contribution in [0.15, 0.2) is 29.5 Å². The van der Waals surface area contributed by atoms with Gasteiger partial charge in [-0.3, -0.25) is 0 Å². The molecule has 1 unspecified atom stereocenters. The number of ether oxygens (including phenoxy) is 3. The quantitative estimate of drug-likeness (QED) is 0.521. The van der Waals surface area contributed by atoms with Crippen molar-refractivity contribution in [2.75, 3.05) is 27.3 Å². The molecule has 1 aliphatic rings. The number of amides is 2. The minimum absolute atomic E-state index is 0.0457. The lowest BCUT2D eigenvalue weighted by Crippen LogP contribution is -3.08. The van der Waals surface area contributed by atoms with E-state index in [0.717, 1.165) is 10.5 Å². The summed E-state index contributed by atoms with van der Waals surface area (Å²) in [5, 5.41) is 5.33. The van der Waals surface area contributed by atoms with Gasteiger partial charge >= 0.3 is 18.6 Å². The van der Waals surface area contributed by atoms with Crippen LogP contribution in [0, 0.1) is 0 Å². The lowest BCUT2D eigenvalue weighted by Gasteiger charge is -2.27. The van der Waals surface area contributed by atoms with Gasteiger partial charge in [-0.1, -0.05) is 0 Å². The zero-order valence-corrected chi connectivity index (χ0v) is 16.8. The highest BCUT2D eigenvalue weighted by atomic mass is 19.3. The standard InChI is InChI=1S/C19H25F2N3O5/c1-5-28-17(25)16-11(2)22-19(26)23-13(16)10-24(3)9-12-6-7-14(29-18(20)21)15(8-12)27-4/h6-8,11,18H,5,9-10H2,1-4H3,(H2,22,23,26)/p+1/t11-/m1/s1. The van der Waals surface area contributed by atoms with Crippen LogP contribution in [-0.4, -0.2) is 52.0 Å². The second kappa shape index (κ2) is 10.1. The number of hydrogen-bond acceptors (Lipinski definition) is 5. The van der Waals surface area contributed by atoms with Gasteiger partial charge in [0.25, 0.3) is 0 Å². The zero-order chi connectivity index (χ0) is 21.6. The Kier molecular flexibility index (Phi) is 7.77. The summed E-state index contributed by atoms with van der Waals surface area (Å²) in [5.74, 6) is -0.327. The van der Waals surface area contributed by atoms with Crippen molar-refractivity contribution >= 4 is 12.0 Å². The Hall–Kier alpha value is -2.88. The van der Waals surface area contributed by atoms with Gasteiger partial charge in [0.05, 0.1) is 38.1 Å². The van der Waals surface area contributed by atoms with Gasteiger partial charge in [0, 0.05) is 5.56 Å². The van der Waals surface area contributed by atoms with Crippen LogP contribution >= 0.6 is 0 Å². The maximum absolute atomic E-state index is 12.5. The summed E-state index contributed by atoms with van der Waals surface area (Å²) in [4.78, 5) is 25.1. The van der Waals surface area contributed by atoms with Crippen LogP contribution in [0.4, 0.5) is 13.6 Å². The lowest BCUT2D eigenvalue weighted by molar-refractivity contribution is -0.889. The minimum Gasteiger partial charge on any atom is -0.493 e. The Bertz CT molecular complexity index is 785. The largest absolute Gasteiger partial charge is 0.493 e. The van der Waals surface area contributed by atoms with E-state index in [1.54, 1.807) is 26.0 Å². The summed E-state index contributed by atoms with van der Waals surface area (Å²) >= 11 is 0. The van der Waals surface area contributed by atoms with Crippen molar-refractivity contribution in [3.63, 3.8) is 0 Å². The molecule has 10 heteroatoms. The molecular formula is C19H26F2N3O5+. The van der Waals surface area contributed by atoms with Gasteiger partial charge in [-0.2, -0.15) is 8.78 Å². The molecule has 1 aromatic rings. The van der Waals surface area contributed by atoms with E-state index in [-0.39, 0.29) is 24.1 Å². The molecule has 0 bridgehead atoms. The van der Waals surface area contributed by atoms with Gasteiger partial charge < -0.3 is 29.7 Å². The fourth-order valence-electron chi connectivity index (χ4n) is 3.15. The molecule has 1 aromatic carbocycles. The number of quaternary nitrogens is 1. The number of benzene rings is 1. The number of hydrogen-bond donors (Lipinski definition) is 3. The lowest BCUT2D eigenvalue weighted by atomic mass is 10.0. The molecular weight excluding hydrogens is 388 g/mol. The van der Waals surface area contributed by atoms with Gasteiger partial charge in [0.1, 0.15) is 13.1 Å². The Morgan fingerprint density at radius 3 is 2.62 bits per heavy atom. The number of likely N-dealkylation sites (N-methyl/N-ethyl adjacent to an activating group) is 1. The molecule has 0 saturated heterocycles. The number of nitrogens with one attached hydrogen (secondary N) is 3. The van der Waals surface area contributed by atoms with E-state index in [0.29, 0.717) is 24.4 Å². The van der Waals surface area contributed by atoms with Gasteiger partial charge in [-0.05, 0) is 32.0 Å². The molecule has 0 fully saturated rings. The first-order chi connectivity index (χ1) is 13.7. The molecule has 0 spiro atoms. The number of carbonyl (C=O) groups excluding carboxylic acids is 2. The smallest absolute Gasteiger partial charge is 0.387 e. The number of alkyl halides is 2. The number of halogens is 2. The molecule has 0 saturated carbocycles. The first kappa shape index (κ1) is 22.4. The van der Waals surface area contributed by atoms with Crippen LogP contribution in [0.25, 0.3) is 0 Å². The third kappa shape index (κ3) is 6.05. The van der Waals surface area contributed by atoms with Crippen molar-refractivity contribution in [1.29, 1.82) is 0 Å². The van der Waals surface area contributed by atoms with Crippen molar-refractivity contribution in [3.05, 3.63) is 35.0 Å². The predicted molar refractivity (Wildman–Crippen MR) is 99.9 cm³/mol. The molecule has 160 valence electrons. The Morgan fingerprint density at radius 2 is 2.00 bits per heavy atom. The summed E-state index contributed by atoms with van der Waals surface area (Å²) in [7, 11) is 3.25. The Morgan fingerprint density at radius 1 is 1.28 bits per heavy atom. The van der Waals surface area contributed by atoms with Crippen LogP contribution in [0.2, 0.25) is 0 Å². The molecule has 2 amide bonds.